The third kappa shape index (κ3) is 2.89. The van der Waals surface area contributed by atoms with Crippen molar-refractivity contribution in [3.05, 3.63) is 87.9 Å². The molecule has 3 aromatic heterocycles. The van der Waals surface area contributed by atoms with Crippen molar-refractivity contribution < 1.29 is 0 Å². The van der Waals surface area contributed by atoms with Crippen molar-refractivity contribution in [3.8, 4) is 16.8 Å². The highest BCUT2D eigenvalue weighted by atomic mass is 35.5. The predicted molar refractivity (Wildman–Crippen MR) is 120 cm³/mol. The minimum Gasteiger partial charge on any atom is -0.397 e. The van der Waals surface area contributed by atoms with Crippen LogP contribution < -0.4 is 11.3 Å². The van der Waals surface area contributed by atoms with E-state index in [-0.39, 0.29) is 5.56 Å². The van der Waals surface area contributed by atoms with Crippen LogP contribution in [0.4, 0.5) is 5.69 Å². The van der Waals surface area contributed by atoms with Crippen LogP contribution >= 0.6 is 11.6 Å². The number of hydrogen-bond acceptors (Lipinski definition) is 5. The maximum Gasteiger partial charge on any atom is 0.266 e. The standard InChI is InChI=1S/C23H16ClN5O/c1-13-2-8-18-21(25)20(15-3-9-19-14(12-15)10-11-26-28-19)23(30)29(22(18)27-13)17-6-4-16(24)5-7-17/h2-12H,25H2,1H3. The minimum atomic E-state index is -0.248. The third-order valence-electron chi connectivity index (χ3n) is 5.09. The first-order valence-electron chi connectivity index (χ1n) is 9.32. The number of aromatic nitrogens is 4. The van der Waals surface area contributed by atoms with Gasteiger partial charge in [0.25, 0.3) is 5.56 Å². The lowest BCUT2D eigenvalue weighted by atomic mass is 10.0. The van der Waals surface area contributed by atoms with E-state index < -0.39 is 0 Å². The molecule has 30 heavy (non-hydrogen) atoms. The zero-order valence-corrected chi connectivity index (χ0v) is 16.8. The number of nitrogens with two attached hydrogens (primary N) is 1. The van der Waals surface area contributed by atoms with E-state index in [9.17, 15) is 4.79 Å². The predicted octanol–water partition coefficient (Wildman–Crippen LogP) is 4.54. The fourth-order valence-corrected chi connectivity index (χ4v) is 3.76. The molecule has 0 fully saturated rings. The molecule has 3 heterocycles. The fraction of sp³-hybridized carbons (Fsp3) is 0.0435. The molecule has 5 aromatic rings. The number of benzene rings is 2. The smallest absolute Gasteiger partial charge is 0.266 e. The Morgan fingerprint density at radius 3 is 2.60 bits per heavy atom. The van der Waals surface area contributed by atoms with Crippen molar-refractivity contribution in [2.75, 3.05) is 5.73 Å². The van der Waals surface area contributed by atoms with Gasteiger partial charge in [-0.15, -0.1) is 0 Å². The van der Waals surface area contributed by atoms with Gasteiger partial charge in [0, 0.05) is 21.5 Å². The largest absolute Gasteiger partial charge is 0.397 e. The molecule has 2 aromatic carbocycles. The topological polar surface area (TPSA) is 86.7 Å². The summed E-state index contributed by atoms with van der Waals surface area (Å²) in [5.74, 6) is 0. The molecular formula is C23H16ClN5O. The number of hydrogen-bond donors (Lipinski definition) is 1. The van der Waals surface area contributed by atoms with E-state index in [0.717, 1.165) is 16.6 Å². The lowest BCUT2D eigenvalue weighted by Crippen LogP contribution is -2.23. The van der Waals surface area contributed by atoms with Crippen LogP contribution in [0.5, 0.6) is 0 Å². The summed E-state index contributed by atoms with van der Waals surface area (Å²) in [4.78, 5) is 18.3. The molecule has 0 saturated carbocycles. The average Bonchev–Trinajstić information content (AvgIpc) is 2.75. The van der Waals surface area contributed by atoms with Crippen LogP contribution in [0.3, 0.4) is 0 Å². The van der Waals surface area contributed by atoms with Gasteiger partial charge in [-0.1, -0.05) is 17.7 Å². The Hall–Kier alpha value is -3.77. The lowest BCUT2D eigenvalue weighted by Gasteiger charge is -2.16. The van der Waals surface area contributed by atoms with Gasteiger partial charge in [-0.3, -0.25) is 9.36 Å². The van der Waals surface area contributed by atoms with E-state index in [2.05, 4.69) is 15.2 Å². The van der Waals surface area contributed by atoms with Gasteiger partial charge in [0.05, 0.1) is 28.7 Å². The van der Waals surface area contributed by atoms with E-state index in [1.807, 2.05) is 43.3 Å². The van der Waals surface area contributed by atoms with E-state index in [1.165, 1.54) is 0 Å². The Labute approximate surface area is 176 Å². The second kappa shape index (κ2) is 6.93. The Kier molecular flexibility index (Phi) is 4.22. The summed E-state index contributed by atoms with van der Waals surface area (Å²) < 4.78 is 1.58. The van der Waals surface area contributed by atoms with Gasteiger partial charge in [0.15, 0.2) is 0 Å². The van der Waals surface area contributed by atoms with Gasteiger partial charge in [-0.25, -0.2) is 4.98 Å². The fourth-order valence-electron chi connectivity index (χ4n) is 3.63. The van der Waals surface area contributed by atoms with Gasteiger partial charge >= 0.3 is 0 Å². The highest BCUT2D eigenvalue weighted by Gasteiger charge is 2.19. The zero-order valence-electron chi connectivity index (χ0n) is 16.0. The van der Waals surface area contributed by atoms with Crippen LogP contribution in [-0.4, -0.2) is 19.7 Å². The van der Waals surface area contributed by atoms with Crippen molar-refractivity contribution in [2.45, 2.75) is 6.92 Å². The number of nitrogens with zero attached hydrogens (tertiary/aromatic N) is 4. The monoisotopic (exact) mass is 413 g/mol. The van der Waals surface area contributed by atoms with Crippen LogP contribution in [0, 0.1) is 6.92 Å². The summed E-state index contributed by atoms with van der Waals surface area (Å²) in [6.07, 6.45) is 1.62. The number of aryl methyl sites for hydroxylation is 1. The first-order valence-corrected chi connectivity index (χ1v) is 9.70. The zero-order chi connectivity index (χ0) is 20.8. The number of fused-ring (bicyclic) bond motifs is 2. The number of halogens is 1. The second-order valence-electron chi connectivity index (χ2n) is 7.03. The number of nitrogen functional groups attached to an aromatic ring is 1. The molecule has 0 aliphatic rings. The first-order chi connectivity index (χ1) is 14.5. The first kappa shape index (κ1) is 18.3. The molecule has 0 aliphatic heterocycles. The maximum atomic E-state index is 13.7. The molecule has 2 N–H and O–H groups in total. The molecule has 0 saturated heterocycles. The molecule has 0 aliphatic carbocycles. The van der Waals surface area contributed by atoms with Gasteiger partial charge in [0.2, 0.25) is 0 Å². The van der Waals surface area contributed by atoms with Crippen molar-refractivity contribution in [1.82, 2.24) is 19.7 Å². The number of rotatable bonds is 2. The van der Waals surface area contributed by atoms with E-state index in [0.29, 0.717) is 38.6 Å². The maximum absolute atomic E-state index is 13.7. The molecule has 5 rings (SSSR count). The summed E-state index contributed by atoms with van der Waals surface area (Å²) >= 11 is 6.06. The summed E-state index contributed by atoms with van der Waals surface area (Å²) in [5, 5.41) is 10.2. The van der Waals surface area contributed by atoms with Crippen LogP contribution in [0.1, 0.15) is 5.69 Å². The number of pyridine rings is 2. The molecule has 0 amide bonds. The Morgan fingerprint density at radius 1 is 1.00 bits per heavy atom. The highest BCUT2D eigenvalue weighted by Crippen LogP contribution is 2.31. The lowest BCUT2D eigenvalue weighted by molar-refractivity contribution is 1.01. The number of anilines is 1. The SMILES string of the molecule is Cc1ccc2c(N)c(-c3ccc4nnccc4c3)c(=O)n(-c3ccc(Cl)cc3)c2n1. The van der Waals surface area contributed by atoms with E-state index in [1.54, 1.807) is 35.0 Å². The summed E-state index contributed by atoms with van der Waals surface area (Å²) in [7, 11) is 0. The molecule has 0 spiro atoms. The van der Waals surface area contributed by atoms with Gasteiger partial charge in [0.1, 0.15) is 5.65 Å². The molecule has 0 unspecified atom stereocenters. The summed E-state index contributed by atoms with van der Waals surface area (Å²) in [6, 6.07) is 18.3. The normalized spacial score (nSPS) is 11.3. The Balaban J connectivity index is 1.90. The summed E-state index contributed by atoms with van der Waals surface area (Å²) in [6.45, 7) is 1.88. The minimum absolute atomic E-state index is 0.248. The molecule has 0 radical (unpaired) electrons. The Morgan fingerprint density at radius 2 is 1.80 bits per heavy atom. The Bertz CT molecular complexity index is 1490. The van der Waals surface area contributed by atoms with Gasteiger partial charge < -0.3 is 5.73 Å². The second-order valence-corrected chi connectivity index (χ2v) is 7.47. The van der Waals surface area contributed by atoms with E-state index >= 15 is 0 Å². The van der Waals surface area contributed by atoms with Crippen LogP contribution in [0.25, 0.3) is 38.8 Å². The van der Waals surface area contributed by atoms with Gasteiger partial charge in [-0.05, 0) is 67.1 Å². The van der Waals surface area contributed by atoms with Gasteiger partial charge in [-0.2, -0.15) is 10.2 Å². The molecule has 6 nitrogen and oxygen atoms in total. The van der Waals surface area contributed by atoms with Crippen LogP contribution in [0.2, 0.25) is 5.02 Å². The highest BCUT2D eigenvalue weighted by molar-refractivity contribution is 6.30. The van der Waals surface area contributed by atoms with Crippen molar-refractivity contribution in [1.29, 1.82) is 0 Å². The van der Waals surface area contributed by atoms with E-state index in [4.69, 9.17) is 17.3 Å². The van der Waals surface area contributed by atoms with Crippen molar-refractivity contribution in [2.24, 2.45) is 0 Å². The average molecular weight is 414 g/mol. The molecular weight excluding hydrogens is 398 g/mol. The van der Waals surface area contributed by atoms with Crippen LogP contribution in [0.15, 0.2) is 71.7 Å². The van der Waals surface area contributed by atoms with Crippen molar-refractivity contribution in [3.63, 3.8) is 0 Å². The molecule has 7 heteroatoms. The molecule has 0 bridgehead atoms. The molecule has 0 atom stereocenters. The van der Waals surface area contributed by atoms with Crippen LogP contribution in [-0.2, 0) is 0 Å². The summed E-state index contributed by atoms with van der Waals surface area (Å²) in [5.41, 5.74) is 10.5. The quantitative estimate of drug-likeness (QED) is 0.459. The third-order valence-corrected chi connectivity index (χ3v) is 5.34. The van der Waals surface area contributed by atoms with Crippen molar-refractivity contribution >= 4 is 39.2 Å². The molecule has 146 valence electrons.